The third-order valence-corrected chi connectivity index (χ3v) is 2.42. The predicted molar refractivity (Wildman–Crippen MR) is 67.1 cm³/mol. The average Bonchev–Trinajstić information content (AvgIpc) is 2.30. The van der Waals surface area contributed by atoms with E-state index in [9.17, 15) is 13.2 Å². The second-order valence-electron chi connectivity index (χ2n) is 4.11. The van der Waals surface area contributed by atoms with Crippen LogP contribution >= 0.6 is 0 Å². The molecule has 0 saturated heterocycles. The van der Waals surface area contributed by atoms with Crippen LogP contribution < -0.4 is 10.5 Å². The number of nitrogens with two attached hydrogens (primary N) is 1. The van der Waals surface area contributed by atoms with Gasteiger partial charge >= 0.3 is 6.18 Å². The molecule has 0 fully saturated rings. The summed E-state index contributed by atoms with van der Waals surface area (Å²) in [6, 6.07) is 12.6. The van der Waals surface area contributed by atoms with E-state index in [2.05, 4.69) is 0 Å². The minimum atomic E-state index is -4.20. The van der Waals surface area contributed by atoms with E-state index in [1.807, 2.05) is 0 Å². The van der Waals surface area contributed by atoms with E-state index in [-0.39, 0.29) is 5.56 Å². The highest BCUT2D eigenvalue weighted by atomic mass is 19.4. The molecule has 0 aliphatic rings. The third kappa shape index (κ3) is 4.21. The molecule has 0 amide bonds. The lowest BCUT2D eigenvalue weighted by molar-refractivity contribution is -0.127. The van der Waals surface area contributed by atoms with Crippen LogP contribution in [0.25, 0.3) is 0 Å². The summed E-state index contributed by atoms with van der Waals surface area (Å²) in [5.41, 5.74) is 6.36. The van der Waals surface area contributed by atoms with Gasteiger partial charge in [-0.15, -0.1) is 0 Å². The maximum Gasteiger partial charge on any atom is 0.393 e. The van der Waals surface area contributed by atoms with E-state index in [0.717, 1.165) is 0 Å². The Kier molecular flexibility index (Phi) is 3.64. The SMILES string of the molecule is Nc1cccc(Oc2ccc(CC(F)(F)F)cc2)c1. The van der Waals surface area contributed by atoms with E-state index in [1.165, 1.54) is 24.3 Å². The molecule has 2 nitrogen and oxygen atoms in total. The zero-order valence-electron chi connectivity index (χ0n) is 9.95. The second kappa shape index (κ2) is 5.22. The number of rotatable bonds is 3. The number of ether oxygens (including phenoxy) is 1. The molecule has 5 heteroatoms. The molecule has 0 aliphatic heterocycles. The molecule has 19 heavy (non-hydrogen) atoms. The zero-order chi connectivity index (χ0) is 13.9. The fourth-order valence-corrected chi connectivity index (χ4v) is 1.62. The second-order valence-corrected chi connectivity index (χ2v) is 4.11. The number of nitrogen functional groups attached to an aromatic ring is 1. The van der Waals surface area contributed by atoms with Crippen LogP contribution in [0.1, 0.15) is 5.56 Å². The lowest BCUT2D eigenvalue weighted by Crippen LogP contribution is -2.11. The fourth-order valence-electron chi connectivity index (χ4n) is 1.62. The van der Waals surface area contributed by atoms with E-state index in [4.69, 9.17) is 10.5 Å². The molecule has 100 valence electrons. The van der Waals surface area contributed by atoms with E-state index in [0.29, 0.717) is 17.2 Å². The maximum absolute atomic E-state index is 12.2. The number of hydrogen-bond acceptors (Lipinski definition) is 2. The Morgan fingerprint density at radius 1 is 0.947 bits per heavy atom. The standard InChI is InChI=1S/C14H12F3NO/c15-14(16,17)9-10-4-6-12(7-5-10)19-13-3-1-2-11(18)8-13/h1-8H,9,18H2. The minimum absolute atomic E-state index is 0.201. The van der Waals surface area contributed by atoms with Crippen LogP contribution in [0.5, 0.6) is 11.5 Å². The van der Waals surface area contributed by atoms with Crippen LogP contribution in [0.3, 0.4) is 0 Å². The van der Waals surface area contributed by atoms with Gasteiger partial charge in [0.15, 0.2) is 0 Å². The molecule has 0 spiro atoms. The van der Waals surface area contributed by atoms with Crippen molar-refractivity contribution in [2.75, 3.05) is 5.73 Å². The summed E-state index contributed by atoms with van der Waals surface area (Å²) < 4.78 is 42.0. The van der Waals surface area contributed by atoms with Crippen molar-refractivity contribution in [3.63, 3.8) is 0 Å². The summed E-state index contributed by atoms with van der Waals surface area (Å²) in [7, 11) is 0. The molecule has 0 saturated carbocycles. The number of hydrogen-bond donors (Lipinski definition) is 1. The molecule has 2 N–H and O–H groups in total. The van der Waals surface area contributed by atoms with Gasteiger partial charge in [-0.05, 0) is 29.8 Å². The van der Waals surface area contributed by atoms with Crippen LogP contribution in [0, 0.1) is 0 Å². The normalized spacial score (nSPS) is 11.3. The molecule has 0 atom stereocenters. The molecule has 0 unspecified atom stereocenters. The Bertz CT molecular complexity index is 549. The first-order chi connectivity index (χ1) is 8.92. The summed E-state index contributed by atoms with van der Waals surface area (Å²) in [4.78, 5) is 0. The maximum atomic E-state index is 12.2. The minimum Gasteiger partial charge on any atom is -0.457 e. The molecule has 0 heterocycles. The van der Waals surface area contributed by atoms with Crippen molar-refractivity contribution >= 4 is 5.69 Å². The Balaban J connectivity index is 2.07. The first kappa shape index (κ1) is 13.3. The van der Waals surface area contributed by atoms with E-state index < -0.39 is 12.6 Å². The van der Waals surface area contributed by atoms with E-state index in [1.54, 1.807) is 24.3 Å². The summed E-state index contributed by atoms with van der Waals surface area (Å²) in [6.07, 6.45) is -5.14. The van der Waals surface area contributed by atoms with Crippen LogP contribution in [0.4, 0.5) is 18.9 Å². The molecular formula is C14H12F3NO. The van der Waals surface area contributed by atoms with E-state index >= 15 is 0 Å². The molecule has 2 rings (SSSR count). The van der Waals surface area contributed by atoms with Gasteiger partial charge in [-0.25, -0.2) is 0 Å². The summed E-state index contributed by atoms with van der Waals surface area (Å²) in [6.45, 7) is 0. The quantitative estimate of drug-likeness (QED) is 0.847. The van der Waals surface area contributed by atoms with Gasteiger partial charge in [-0.3, -0.25) is 0 Å². The van der Waals surface area contributed by atoms with Gasteiger partial charge in [0.25, 0.3) is 0 Å². The van der Waals surface area contributed by atoms with Crippen molar-refractivity contribution in [1.82, 2.24) is 0 Å². The molecular weight excluding hydrogens is 255 g/mol. The predicted octanol–water partition coefficient (Wildman–Crippen LogP) is 4.17. The van der Waals surface area contributed by atoms with Crippen molar-refractivity contribution in [1.29, 1.82) is 0 Å². The van der Waals surface area contributed by atoms with Crippen molar-refractivity contribution in [2.24, 2.45) is 0 Å². The van der Waals surface area contributed by atoms with Crippen molar-refractivity contribution in [2.45, 2.75) is 12.6 Å². The van der Waals surface area contributed by atoms with Crippen LogP contribution in [-0.4, -0.2) is 6.18 Å². The lowest BCUT2D eigenvalue weighted by Gasteiger charge is -2.09. The Hall–Kier alpha value is -2.17. The highest BCUT2D eigenvalue weighted by Crippen LogP contribution is 2.26. The number of halogens is 3. The van der Waals surface area contributed by atoms with Crippen molar-refractivity contribution in [3.05, 3.63) is 54.1 Å². The molecule has 0 aliphatic carbocycles. The molecule has 0 radical (unpaired) electrons. The molecule has 2 aromatic rings. The van der Waals surface area contributed by atoms with Crippen molar-refractivity contribution < 1.29 is 17.9 Å². The highest BCUT2D eigenvalue weighted by molar-refractivity contribution is 5.45. The zero-order valence-corrected chi connectivity index (χ0v) is 9.95. The largest absolute Gasteiger partial charge is 0.457 e. The third-order valence-electron chi connectivity index (χ3n) is 2.42. The first-order valence-corrected chi connectivity index (χ1v) is 5.61. The molecule has 0 bridgehead atoms. The number of benzene rings is 2. The Labute approximate surface area is 108 Å². The molecule has 2 aromatic carbocycles. The van der Waals surface area contributed by atoms with Gasteiger partial charge in [0.05, 0.1) is 6.42 Å². The number of anilines is 1. The fraction of sp³-hybridized carbons (Fsp3) is 0.143. The Morgan fingerprint density at radius 2 is 1.63 bits per heavy atom. The van der Waals surface area contributed by atoms with Gasteiger partial charge in [0, 0.05) is 11.8 Å². The topological polar surface area (TPSA) is 35.2 Å². The Morgan fingerprint density at radius 3 is 2.21 bits per heavy atom. The first-order valence-electron chi connectivity index (χ1n) is 5.61. The number of alkyl halides is 3. The summed E-state index contributed by atoms with van der Waals surface area (Å²) >= 11 is 0. The van der Waals surface area contributed by atoms with Crippen molar-refractivity contribution in [3.8, 4) is 11.5 Å². The van der Waals surface area contributed by atoms with Gasteiger partial charge < -0.3 is 10.5 Å². The van der Waals surface area contributed by atoms with Crippen LogP contribution in [-0.2, 0) is 6.42 Å². The highest BCUT2D eigenvalue weighted by Gasteiger charge is 2.27. The lowest BCUT2D eigenvalue weighted by atomic mass is 10.1. The average molecular weight is 267 g/mol. The van der Waals surface area contributed by atoms with Gasteiger partial charge in [0.2, 0.25) is 0 Å². The summed E-state index contributed by atoms with van der Waals surface area (Å²) in [5.74, 6) is 1.01. The summed E-state index contributed by atoms with van der Waals surface area (Å²) in [5, 5.41) is 0. The molecule has 0 aromatic heterocycles. The van der Waals surface area contributed by atoms with Gasteiger partial charge in [-0.1, -0.05) is 18.2 Å². The van der Waals surface area contributed by atoms with Crippen LogP contribution in [0.15, 0.2) is 48.5 Å². The van der Waals surface area contributed by atoms with Gasteiger partial charge in [0.1, 0.15) is 11.5 Å². The van der Waals surface area contributed by atoms with Crippen LogP contribution in [0.2, 0.25) is 0 Å². The van der Waals surface area contributed by atoms with Gasteiger partial charge in [-0.2, -0.15) is 13.2 Å². The monoisotopic (exact) mass is 267 g/mol. The smallest absolute Gasteiger partial charge is 0.393 e.